The molecule has 3 amide bonds. The van der Waals surface area contributed by atoms with Crippen molar-refractivity contribution in [3.8, 4) is 0 Å². The summed E-state index contributed by atoms with van der Waals surface area (Å²) in [6.07, 6.45) is -51.6. The number of hydrogen-bond acceptors (Lipinski definition) is 31. The van der Waals surface area contributed by atoms with Crippen LogP contribution < -0.4 is 16.0 Å². The molecule has 0 saturated carbocycles. The zero-order chi connectivity index (χ0) is 56.2. The fraction of sp³-hybridized carbons (Fsp3) is 0.929. The molecule has 0 aromatic heterocycles. The highest BCUT2D eigenvalue weighted by Crippen LogP contribution is 2.36. The smallest absolute Gasteiger partial charge is 0.217 e. The van der Waals surface area contributed by atoms with Gasteiger partial charge < -0.3 is 155 Å². The molecule has 6 aliphatic heterocycles. The summed E-state index contributed by atoms with van der Waals surface area (Å²) < 4.78 is 63.6. The Balaban J connectivity index is 1.30. The molecule has 0 spiro atoms. The van der Waals surface area contributed by atoms with Crippen LogP contribution in [-0.4, -0.2) is 328 Å². The first-order valence-corrected chi connectivity index (χ1v) is 24.1. The molecular formula is C42H71N3O31. The molecule has 34 nitrogen and oxygen atoms in total. The molecular weight excluding hydrogens is 1040 g/mol. The summed E-state index contributed by atoms with van der Waals surface area (Å²) in [6.45, 7) is -2.65. The molecule has 76 heavy (non-hydrogen) atoms. The molecule has 0 aliphatic carbocycles. The fourth-order valence-corrected chi connectivity index (χ4v) is 9.60. The molecule has 6 heterocycles. The van der Waals surface area contributed by atoms with Crippen LogP contribution in [0.2, 0.25) is 0 Å². The molecule has 0 radical (unpaired) electrons. The number of ether oxygens (including phenoxy) is 11. The second-order valence-electron chi connectivity index (χ2n) is 19.0. The summed E-state index contributed by atoms with van der Waals surface area (Å²) >= 11 is 0. The Hall–Kier alpha value is -2.71. The van der Waals surface area contributed by atoms with Gasteiger partial charge in [0.15, 0.2) is 37.7 Å². The molecule has 440 valence electrons. The van der Waals surface area contributed by atoms with Crippen molar-refractivity contribution >= 4 is 17.7 Å². The third-order valence-electron chi connectivity index (χ3n) is 13.6. The van der Waals surface area contributed by atoms with E-state index in [-0.39, 0.29) is 0 Å². The third-order valence-corrected chi connectivity index (χ3v) is 13.6. The maximum absolute atomic E-state index is 12.6. The van der Waals surface area contributed by atoms with Crippen molar-refractivity contribution in [2.75, 3.05) is 39.6 Å². The maximum atomic E-state index is 12.6. The molecule has 6 rings (SSSR count). The van der Waals surface area contributed by atoms with Gasteiger partial charge >= 0.3 is 0 Å². The highest BCUT2D eigenvalue weighted by Gasteiger charge is 2.57. The molecule has 6 saturated heterocycles. The largest absolute Gasteiger partial charge is 0.394 e. The molecule has 30 atom stereocenters. The van der Waals surface area contributed by atoms with E-state index in [0.29, 0.717) is 0 Å². The van der Waals surface area contributed by atoms with Crippen LogP contribution in [0.25, 0.3) is 0 Å². The minimum absolute atomic E-state index is 0.721. The lowest BCUT2D eigenvalue weighted by Crippen LogP contribution is -2.70. The van der Waals surface area contributed by atoms with Crippen molar-refractivity contribution in [1.82, 2.24) is 16.0 Å². The quantitative estimate of drug-likeness (QED) is 0.0571. The van der Waals surface area contributed by atoms with E-state index in [0.717, 1.165) is 20.8 Å². The molecule has 0 aromatic rings. The Labute approximate surface area is 431 Å². The number of carbonyl (C=O) groups excluding carboxylic acids is 3. The Morgan fingerprint density at radius 3 is 1.24 bits per heavy atom. The first-order valence-electron chi connectivity index (χ1n) is 24.1. The first-order chi connectivity index (χ1) is 35.9. The summed E-state index contributed by atoms with van der Waals surface area (Å²) in [4.78, 5) is 36.7. The predicted molar refractivity (Wildman–Crippen MR) is 234 cm³/mol. The summed E-state index contributed by atoms with van der Waals surface area (Å²) in [6, 6.07) is -4.92. The van der Waals surface area contributed by atoms with E-state index < -0.39 is 241 Å². The van der Waals surface area contributed by atoms with E-state index in [9.17, 15) is 101 Å². The average molecular weight is 1110 g/mol. The second kappa shape index (κ2) is 27.2. The van der Waals surface area contributed by atoms with E-state index in [1.807, 2.05) is 0 Å². The molecule has 34 heteroatoms. The van der Waals surface area contributed by atoms with E-state index in [2.05, 4.69) is 16.0 Å². The van der Waals surface area contributed by atoms with Gasteiger partial charge in [0.05, 0.1) is 39.6 Å². The second-order valence-corrected chi connectivity index (χ2v) is 19.0. The molecule has 6 fully saturated rings. The van der Waals surface area contributed by atoms with Crippen LogP contribution >= 0.6 is 0 Å². The van der Waals surface area contributed by atoms with Crippen molar-refractivity contribution in [2.45, 2.75) is 205 Å². The van der Waals surface area contributed by atoms with Gasteiger partial charge in [-0.3, -0.25) is 14.4 Å². The van der Waals surface area contributed by atoms with Crippen LogP contribution in [0.3, 0.4) is 0 Å². The normalized spacial score (nSPS) is 48.2. The van der Waals surface area contributed by atoms with Crippen LogP contribution in [0.4, 0.5) is 0 Å². The topological polar surface area (TPSA) is 533 Å². The summed E-state index contributed by atoms with van der Waals surface area (Å²) in [5.74, 6) is -2.33. The van der Waals surface area contributed by atoms with Crippen molar-refractivity contribution in [3.63, 3.8) is 0 Å². The summed E-state index contributed by atoms with van der Waals surface area (Å²) in [5, 5.41) is 190. The third kappa shape index (κ3) is 13.7. The van der Waals surface area contributed by atoms with Crippen LogP contribution in [0.5, 0.6) is 0 Å². The monoisotopic (exact) mass is 1110 g/mol. The SMILES string of the molecule is CC(=O)N[C@@H]1[C@@H](O[C@H]2[C@H](OC[C@@H]3O[C@H](O[C@H]4[C@H](O)[C@@H](NC(C)=O)[C@H](O[C@@H]5[C@@H](O)[C@H](NC(C)=O)[C@@H](O)O[C@H]5CO)O[C@@H]4CO)[C@H](O)[C@H](O[C@H]4O[C@H](CO)[C@@H](O)[C@H](O)[C@@H]4O)[C@H]3O)O[C@@H](CO)[C@H](O)[C@H]2O)O[C@@H](CO)[C@H](O)[C@H]1O. The number of hydrogen-bond donors (Lipinski definition) is 20. The predicted octanol–water partition coefficient (Wildman–Crippen LogP) is -13.7. The molecule has 0 bridgehead atoms. The van der Waals surface area contributed by atoms with E-state index in [1.165, 1.54) is 0 Å². The fourth-order valence-electron chi connectivity index (χ4n) is 9.60. The van der Waals surface area contributed by atoms with Gasteiger partial charge in [-0.2, -0.15) is 0 Å². The van der Waals surface area contributed by atoms with Gasteiger partial charge in [-0.15, -0.1) is 0 Å². The lowest BCUT2D eigenvalue weighted by molar-refractivity contribution is -0.387. The van der Waals surface area contributed by atoms with Crippen molar-refractivity contribution < 1.29 is 153 Å². The number of aliphatic hydroxyl groups is 17. The van der Waals surface area contributed by atoms with Crippen molar-refractivity contribution in [1.29, 1.82) is 0 Å². The molecule has 0 unspecified atom stereocenters. The average Bonchev–Trinajstić information content (AvgIpc) is 3.38. The van der Waals surface area contributed by atoms with Crippen LogP contribution in [0, 0.1) is 0 Å². The maximum Gasteiger partial charge on any atom is 0.217 e. The van der Waals surface area contributed by atoms with Crippen LogP contribution in [0.15, 0.2) is 0 Å². The molecule has 0 aromatic carbocycles. The van der Waals surface area contributed by atoms with Crippen molar-refractivity contribution in [3.05, 3.63) is 0 Å². The number of amides is 3. The van der Waals surface area contributed by atoms with Gasteiger partial charge in [0.25, 0.3) is 0 Å². The Morgan fingerprint density at radius 1 is 0.342 bits per heavy atom. The summed E-state index contributed by atoms with van der Waals surface area (Å²) in [5.41, 5.74) is 0. The summed E-state index contributed by atoms with van der Waals surface area (Å²) in [7, 11) is 0. The van der Waals surface area contributed by atoms with Gasteiger partial charge in [0.2, 0.25) is 17.7 Å². The Kier molecular flexibility index (Phi) is 22.3. The Bertz CT molecular complexity index is 1870. The number of aliphatic hydroxyl groups excluding tert-OH is 17. The molecule has 6 aliphatic rings. The van der Waals surface area contributed by atoms with Gasteiger partial charge in [-0.05, 0) is 0 Å². The minimum Gasteiger partial charge on any atom is -0.394 e. The highest BCUT2D eigenvalue weighted by molar-refractivity contribution is 5.74. The molecule has 20 N–H and O–H groups in total. The number of carbonyl (C=O) groups is 3. The highest BCUT2D eigenvalue weighted by atomic mass is 16.8. The van der Waals surface area contributed by atoms with Crippen LogP contribution in [-0.2, 0) is 66.5 Å². The lowest BCUT2D eigenvalue weighted by atomic mass is 9.94. The van der Waals surface area contributed by atoms with Crippen molar-refractivity contribution in [2.24, 2.45) is 0 Å². The number of nitrogens with one attached hydrogen (secondary N) is 3. The first kappa shape index (κ1) is 62.5. The van der Waals surface area contributed by atoms with Crippen LogP contribution in [0.1, 0.15) is 20.8 Å². The van der Waals surface area contributed by atoms with Gasteiger partial charge in [-0.25, -0.2) is 0 Å². The van der Waals surface area contributed by atoms with E-state index >= 15 is 0 Å². The van der Waals surface area contributed by atoms with Gasteiger partial charge in [0, 0.05) is 20.8 Å². The van der Waals surface area contributed by atoms with Gasteiger partial charge in [-0.1, -0.05) is 0 Å². The Morgan fingerprint density at radius 2 is 0.711 bits per heavy atom. The minimum atomic E-state index is -2.29. The standard InChI is InChI=1S/C42H71N3O31/c1-10(51)43-19-27(59)33(16(7-49)67-37(19)65)73-39-21(45-12(3)53)28(60)34(17(8-50)71-39)74-41-32(64)35(75-40-31(63)29(61)23(55)14(5-47)69-40)25(57)18(72-41)9-66-42-36(30(62)24(56)15(6-48)70-42)76-38-20(44-11(2)52)26(58)22(54)13(4-46)68-38/h13-42,46-50,54-65H,4-9H2,1-3H3,(H,43,51)(H,44,52)(H,45,53)/t13-,14+,15-,16-,17+,18-,19-,20-,21+,22-,23+,24-,25-,26-,27-,28+,29-,30+,31-,32+,33-,34+,35+,36+,37-,38+,39-,40+,41+,42+/m0/s1. The zero-order valence-electron chi connectivity index (χ0n) is 40.9. The number of rotatable bonds is 19. The van der Waals surface area contributed by atoms with E-state index in [1.54, 1.807) is 0 Å². The van der Waals surface area contributed by atoms with Gasteiger partial charge in [0.1, 0.15) is 146 Å². The van der Waals surface area contributed by atoms with E-state index in [4.69, 9.17) is 52.1 Å². The zero-order valence-corrected chi connectivity index (χ0v) is 40.9. The lowest BCUT2D eigenvalue weighted by Gasteiger charge is -2.50.